The van der Waals surface area contributed by atoms with Crippen LogP contribution in [0.2, 0.25) is 0 Å². The van der Waals surface area contributed by atoms with Gasteiger partial charge >= 0.3 is 5.76 Å². The van der Waals surface area contributed by atoms with Crippen LogP contribution < -0.4 is 11.1 Å². The molecule has 0 radical (unpaired) electrons. The topological polar surface area (TPSA) is 77.1 Å². The lowest BCUT2D eigenvalue weighted by Crippen LogP contribution is -2.12. The normalized spacial score (nSPS) is 11.2. The molecule has 0 aliphatic rings. The van der Waals surface area contributed by atoms with Gasteiger partial charge in [0, 0.05) is 12.6 Å². The Labute approximate surface area is 134 Å². The van der Waals surface area contributed by atoms with Gasteiger partial charge in [-0.3, -0.25) is 14.7 Å². The molecule has 0 fully saturated rings. The fourth-order valence-electron chi connectivity index (χ4n) is 2.36. The third-order valence-corrected chi connectivity index (χ3v) is 4.52. The van der Waals surface area contributed by atoms with Gasteiger partial charge in [0.05, 0.1) is 15.7 Å². The van der Waals surface area contributed by atoms with Crippen molar-refractivity contribution in [3.8, 4) is 0 Å². The molecule has 1 amide bonds. The first-order valence-corrected chi connectivity index (χ1v) is 7.70. The lowest BCUT2D eigenvalue weighted by Gasteiger charge is -2.01. The van der Waals surface area contributed by atoms with Crippen molar-refractivity contribution in [3.05, 3.63) is 58.6 Å². The summed E-state index contributed by atoms with van der Waals surface area (Å²) >= 11 is 1.41. The maximum atomic E-state index is 12.4. The van der Waals surface area contributed by atoms with E-state index < -0.39 is 5.76 Å². The van der Waals surface area contributed by atoms with Crippen molar-refractivity contribution >= 4 is 43.7 Å². The summed E-state index contributed by atoms with van der Waals surface area (Å²) in [6.07, 6.45) is 0. The highest BCUT2D eigenvalue weighted by atomic mass is 32.1. The van der Waals surface area contributed by atoms with Crippen LogP contribution in [0.15, 0.2) is 51.7 Å². The quantitative estimate of drug-likeness (QED) is 0.614. The van der Waals surface area contributed by atoms with Gasteiger partial charge in [-0.15, -0.1) is 0 Å². The van der Waals surface area contributed by atoms with E-state index in [1.807, 2.05) is 24.3 Å². The summed E-state index contributed by atoms with van der Waals surface area (Å²) in [6, 6.07) is 12.5. The van der Waals surface area contributed by atoms with E-state index in [0.29, 0.717) is 21.8 Å². The van der Waals surface area contributed by atoms with Gasteiger partial charge in [0.25, 0.3) is 5.91 Å². The fraction of sp³-hybridized carbons (Fsp3) is 0.0625. The van der Waals surface area contributed by atoms with Gasteiger partial charge in [0.1, 0.15) is 0 Å². The van der Waals surface area contributed by atoms with Gasteiger partial charge < -0.3 is 4.42 Å². The lowest BCUT2D eigenvalue weighted by atomic mass is 10.2. The van der Waals surface area contributed by atoms with Crippen LogP contribution in [0.25, 0.3) is 21.3 Å². The molecule has 0 spiro atoms. The second-order valence-corrected chi connectivity index (χ2v) is 6.08. The molecule has 2 heterocycles. The molecule has 0 atom stereocenters. The van der Waals surface area contributed by atoms with Gasteiger partial charge in [0.2, 0.25) is 0 Å². The summed E-state index contributed by atoms with van der Waals surface area (Å²) in [5.74, 6) is -0.733. The molecule has 4 aromatic rings. The molecule has 23 heavy (non-hydrogen) atoms. The number of anilines is 1. The number of benzene rings is 2. The van der Waals surface area contributed by atoms with E-state index in [1.54, 1.807) is 25.2 Å². The average molecular weight is 325 g/mol. The van der Waals surface area contributed by atoms with Crippen molar-refractivity contribution in [2.24, 2.45) is 7.05 Å². The molecular formula is C16H11N3O3S. The predicted octanol–water partition coefficient (Wildman–Crippen LogP) is 2.99. The number of oxazole rings is 1. The molecule has 2 aromatic carbocycles. The summed E-state index contributed by atoms with van der Waals surface area (Å²) in [5.41, 5.74) is 2.31. The van der Waals surface area contributed by atoms with Crippen LogP contribution >= 0.6 is 11.3 Å². The van der Waals surface area contributed by atoms with Crippen molar-refractivity contribution in [3.63, 3.8) is 0 Å². The van der Waals surface area contributed by atoms with Crippen LogP contribution in [-0.4, -0.2) is 15.5 Å². The second kappa shape index (κ2) is 5.06. The van der Waals surface area contributed by atoms with Crippen LogP contribution in [0.1, 0.15) is 10.4 Å². The first kappa shape index (κ1) is 13.7. The Morgan fingerprint density at radius 1 is 1.26 bits per heavy atom. The predicted molar refractivity (Wildman–Crippen MR) is 89.0 cm³/mol. The van der Waals surface area contributed by atoms with E-state index in [-0.39, 0.29) is 5.91 Å². The number of nitrogens with one attached hydrogen (secondary N) is 1. The van der Waals surface area contributed by atoms with Crippen LogP contribution in [-0.2, 0) is 7.05 Å². The standard InChI is InChI=1S/C16H11N3O3S/c1-19-11-8-9(6-7-12(11)22-16(19)21)14(20)18-15-17-10-4-2-3-5-13(10)23-15/h2-8H,1H3,(H,17,18,20). The van der Waals surface area contributed by atoms with Gasteiger partial charge in [-0.05, 0) is 30.3 Å². The fourth-order valence-corrected chi connectivity index (χ4v) is 3.22. The van der Waals surface area contributed by atoms with Crippen molar-refractivity contribution in [1.82, 2.24) is 9.55 Å². The van der Waals surface area contributed by atoms with Crippen molar-refractivity contribution in [1.29, 1.82) is 0 Å². The van der Waals surface area contributed by atoms with E-state index in [2.05, 4.69) is 10.3 Å². The highest BCUT2D eigenvalue weighted by Gasteiger charge is 2.13. The molecule has 7 heteroatoms. The van der Waals surface area contributed by atoms with E-state index in [9.17, 15) is 9.59 Å². The number of nitrogens with zero attached hydrogens (tertiary/aromatic N) is 2. The molecular weight excluding hydrogens is 314 g/mol. The number of fused-ring (bicyclic) bond motifs is 2. The minimum atomic E-state index is -0.455. The molecule has 114 valence electrons. The van der Waals surface area contributed by atoms with Crippen molar-refractivity contribution < 1.29 is 9.21 Å². The third-order valence-electron chi connectivity index (χ3n) is 3.57. The maximum absolute atomic E-state index is 12.4. The summed E-state index contributed by atoms with van der Waals surface area (Å²) in [7, 11) is 1.60. The number of carbonyl (C=O) groups excluding carboxylic acids is 1. The first-order chi connectivity index (χ1) is 11.1. The number of aryl methyl sites for hydroxylation is 1. The molecule has 6 nitrogen and oxygen atoms in total. The highest BCUT2D eigenvalue weighted by Crippen LogP contribution is 2.26. The molecule has 0 aliphatic heterocycles. The smallest absolute Gasteiger partial charge is 0.408 e. The lowest BCUT2D eigenvalue weighted by molar-refractivity contribution is 0.102. The first-order valence-electron chi connectivity index (χ1n) is 6.88. The Morgan fingerprint density at radius 3 is 2.91 bits per heavy atom. The number of rotatable bonds is 2. The van der Waals surface area contributed by atoms with Crippen LogP contribution in [0, 0.1) is 0 Å². The Bertz CT molecular complexity index is 1070. The SMILES string of the molecule is Cn1c(=O)oc2ccc(C(=O)Nc3nc4ccccc4s3)cc21. The number of aromatic nitrogens is 2. The number of amides is 1. The maximum Gasteiger partial charge on any atom is 0.419 e. The Morgan fingerprint density at radius 2 is 2.09 bits per heavy atom. The average Bonchev–Trinajstić information content (AvgIpc) is 3.08. The largest absolute Gasteiger partial charge is 0.419 e. The molecule has 0 bridgehead atoms. The van der Waals surface area contributed by atoms with Crippen LogP contribution in [0.5, 0.6) is 0 Å². The van der Waals surface area contributed by atoms with E-state index >= 15 is 0 Å². The van der Waals surface area contributed by atoms with E-state index in [4.69, 9.17) is 4.42 Å². The zero-order valence-electron chi connectivity index (χ0n) is 12.1. The minimum Gasteiger partial charge on any atom is -0.408 e. The summed E-state index contributed by atoms with van der Waals surface area (Å²) < 4.78 is 7.43. The van der Waals surface area contributed by atoms with E-state index in [1.165, 1.54) is 15.9 Å². The Hall–Kier alpha value is -2.93. The van der Waals surface area contributed by atoms with Crippen molar-refractivity contribution in [2.45, 2.75) is 0 Å². The second-order valence-electron chi connectivity index (χ2n) is 5.05. The van der Waals surface area contributed by atoms with Gasteiger partial charge in [-0.2, -0.15) is 0 Å². The number of thiazole rings is 1. The Kier molecular flexibility index (Phi) is 3.02. The summed E-state index contributed by atoms with van der Waals surface area (Å²) in [5, 5.41) is 3.33. The molecule has 2 aromatic heterocycles. The molecule has 4 rings (SSSR count). The van der Waals surface area contributed by atoms with E-state index in [0.717, 1.165) is 10.2 Å². The number of carbonyl (C=O) groups is 1. The van der Waals surface area contributed by atoms with Gasteiger partial charge in [-0.1, -0.05) is 23.5 Å². The monoisotopic (exact) mass is 325 g/mol. The van der Waals surface area contributed by atoms with Crippen LogP contribution in [0.3, 0.4) is 0 Å². The summed E-state index contributed by atoms with van der Waals surface area (Å²) in [6.45, 7) is 0. The molecule has 0 saturated heterocycles. The van der Waals surface area contributed by atoms with Gasteiger partial charge in [-0.25, -0.2) is 9.78 Å². The number of hydrogen-bond acceptors (Lipinski definition) is 5. The molecule has 0 unspecified atom stereocenters. The number of para-hydroxylation sites is 1. The molecule has 0 aliphatic carbocycles. The Balaban J connectivity index is 1.68. The third kappa shape index (κ3) is 2.31. The number of hydrogen-bond donors (Lipinski definition) is 1. The zero-order chi connectivity index (χ0) is 16.0. The van der Waals surface area contributed by atoms with Crippen molar-refractivity contribution in [2.75, 3.05) is 5.32 Å². The molecule has 0 saturated carbocycles. The highest BCUT2D eigenvalue weighted by molar-refractivity contribution is 7.22. The minimum absolute atomic E-state index is 0.278. The van der Waals surface area contributed by atoms with Gasteiger partial charge in [0.15, 0.2) is 10.7 Å². The molecule has 1 N–H and O–H groups in total. The van der Waals surface area contributed by atoms with Crippen LogP contribution in [0.4, 0.5) is 5.13 Å². The summed E-state index contributed by atoms with van der Waals surface area (Å²) in [4.78, 5) is 28.3. The zero-order valence-corrected chi connectivity index (χ0v) is 12.9.